The number of carbonyl (C=O) groups excluding carboxylic acids is 1. The van der Waals surface area contributed by atoms with Crippen LogP contribution in [0.15, 0.2) is 24.3 Å². The summed E-state index contributed by atoms with van der Waals surface area (Å²) < 4.78 is 5.68. The highest BCUT2D eigenvalue weighted by Crippen LogP contribution is 2.22. The van der Waals surface area contributed by atoms with E-state index in [0.29, 0.717) is 13.0 Å². The van der Waals surface area contributed by atoms with Crippen molar-refractivity contribution < 1.29 is 9.53 Å². The molecule has 2 N–H and O–H groups in total. The van der Waals surface area contributed by atoms with Crippen LogP contribution in [0.3, 0.4) is 0 Å². The van der Waals surface area contributed by atoms with Crippen LogP contribution in [-0.2, 0) is 16.0 Å². The van der Waals surface area contributed by atoms with Crippen molar-refractivity contribution in [2.24, 2.45) is 0 Å². The molecular formula is C18H26N2O2. The number of fused-ring (bicyclic) bond motifs is 1. The Morgan fingerprint density at radius 1 is 1.32 bits per heavy atom. The molecule has 2 aliphatic heterocycles. The second kappa shape index (κ2) is 7.75. The molecule has 2 heterocycles. The molecule has 4 heteroatoms. The molecule has 120 valence electrons. The summed E-state index contributed by atoms with van der Waals surface area (Å²) in [7, 11) is 0. The Morgan fingerprint density at radius 2 is 2.23 bits per heavy atom. The molecule has 2 aliphatic rings. The highest BCUT2D eigenvalue weighted by molar-refractivity contribution is 5.75. The largest absolute Gasteiger partial charge is 0.378 e. The summed E-state index contributed by atoms with van der Waals surface area (Å²) >= 11 is 0. The van der Waals surface area contributed by atoms with Gasteiger partial charge in [-0.1, -0.05) is 24.3 Å². The molecule has 0 saturated carbocycles. The molecule has 1 amide bonds. The van der Waals surface area contributed by atoms with Gasteiger partial charge in [-0.15, -0.1) is 0 Å². The molecular weight excluding hydrogens is 276 g/mol. The van der Waals surface area contributed by atoms with Gasteiger partial charge in [0, 0.05) is 25.6 Å². The number of nitrogens with one attached hydrogen (secondary N) is 2. The van der Waals surface area contributed by atoms with Crippen molar-refractivity contribution in [1.29, 1.82) is 0 Å². The van der Waals surface area contributed by atoms with Crippen LogP contribution in [0.5, 0.6) is 0 Å². The Balaban J connectivity index is 1.43. The average Bonchev–Trinajstić information content (AvgIpc) is 2.59. The smallest absolute Gasteiger partial charge is 0.220 e. The Morgan fingerprint density at radius 3 is 3.09 bits per heavy atom. The van der Waals surface area contributed by atoms with Crippen LogP contribution < -0.4 is 10.6 Å². The van der Waals surface area contributed by atoms with Crippen molar-refractivity contribution in [3.05, 3.63) is 35.4 Å². The first-order chi connectivity index (χ1) is 10.8. The van der Waals surface area contributed by atoms with Crippen LogP contribution in [0, 0.1) is 0 Å². The normalized spacial score (nSPS) is 24.5. The lowest BCUT2D eigenvalue weighted by atomic mass is 9.94. The van der Waals surface area contributed by atoms with Crippen LogP contribution in [0.1, 0.15) is 49.3 Å². The summed E-state index contributed by atoms with van der Waals surface area (Å²) in [5.41, 5.74) is 2.72. The van der Waals surface area contributed by atoms with Gasteiger partial charge in [-0.3, -0.25) is 4.79 Å². The second-order valence-electron chi connectivity index (χ2n) is 6.29. The molecule has 0 aromatic heterocycles. The van der Waals surface area contributed by atoms with Crippen LogP contribution in [0.4, 0.5) is 0 Å². The van der Waals surface area contributed by atoms with Crippen molar-refractivity contribution in [2.75, 3.05) is 19.7 Å². The predicted molar refractivity (Wildman–Crippen MR) is 86.7 cm³/mol. The number of carbonyl (C=O) groups is 1. The Hall–Kier alpha value is -1.39. The summed E-state index contributed by atoms with van der Waals surface area (Å²) in [5, 5.41) is 6.57. The number of amides is 1. The standard InChI is InChI=1S/C18H26N2O2/c21-18(9-8-15-6-3-4-12-22-15)20-13-17-16-7-2-1-5-14(16)10-11-19-17/h1-2,5,7,15,17,19H,3-4,6,8-13H2,(H,20,21). The lowest BCUT2D eigenvalue weighted by Crippen LogP contribution is -2.39. The minimum atomic E-state index is 0.138. The van der Waals surface area contributed by atoms with Crippen LogP contribution >= 0.6 is 0 Å². The van der Waals surface area contributed by atoms with Gasteiger partial charge in [-0.05, 0) is 49.8 Å². The Bertz CT molecular complexity index is 498. The molecule has 0 aliphatic carbocycles. The summed E-state index contributed by atoms with van der Waals surface area (Å²) in [6.45, 7) is 2.50. The average molecular weight is 302 g/mol. The topological polar surface area (TPSA) is 50.4 Å². The number of hydrogen-bond donors (Lipinski definition) is 2. The van der Waals surface area contributed by atoms with Gasteiger partial charge in [-0.25, -0.2) is 0 Å². The molecule has 0 bridgehead atoms. The maximum absolute atomic E-state index is 12.0. The van der Waals surface area contributed by atoms with E-state index < -0.39 is 0 Å². The molecule has 4 nitrogen and oxygen atoms in total. The molecule has 0 spiro atoms. The molecule has 2 atom stereocenters. The van der Waals surface area contributed by atoms with Crippen LogP contribution in [0.2, 0.25) is 0 Å². The van der Waals surface area contributed by atoms with E-state index in [1.165, 1.54) is 17.5 Å². The van der Waals surface area contributed by atoms with E-state index in [-0.39, 0.29) is 18.1 Å². The zero-order valence-electron chi connectivity index (χ0n) is 13.1. The van der Waals surface area contributed by atoms with E-state index in [9.17, 15) is 4.79 Å². The van der Waals surface area contributed by atoms with Crippen LogP contribution in [-0.4, -0.2) is 31.7 Å². The monoisotopic (exact) mass is 302 g/mol. The van der Waals surface area contributed by atoms with E-state index in [0.717, 1.165) is 38.8 Å². The van der Waals surface area contributed by atoms with Gasteiger partial charge in [0.25, 0.3) is 0 Å². The first-order valence-corrected chi connectivity index (χ1v) is 8.52. The number of ether oxygens (including phenoxy) is 1. The summed E-state index contributed by atoms with van der Waals surface area (Å²) in [5.74, 6) is 0.138. The number of benzene rings is 1. The summed E-state index contributed by atoms with van der Waals surface area (Å²) in [6, 6.07) is 8.74. The van der Waals surface area contributed by atoms with Crippen molar-refractivity contribution >= 4 is 5.91 Å². The zero-order chi connectivity index (χ0) is 15.2. The molecule has 1 aromatic rings. The van der Waals surface area contributed by atoms with E-state index >= 15 is 0 Å². The fourth-order valence-corrected chi connectivity index (χ4v) is 3.41. The van der Waals surface area contributed by atoms with Crippen LogP contribution in [0.25, 0.3) is 0 Å². The van der Waals surface area contributed by atoms with Gasteiger partial charge in [0.2, 0.25) is 5.91 Å². The third-order valence-electron chi connectivity index (χ3n) is 4.69. The minimum Gasteiger partial charge on any atom is -0.378 e. The first-order valence-electron chi connectivity index (χ1n) is 8.52. The van der Waals surface area contributed by atoms with Gasteiger partial charge in [-0.2, -0.15) is 0 Å². The third kappa shape index (κ3) is 4.08. The molecule has 2 unspecified atom stereocenters. The Kier molecular flexibility index (Phi) is 5.46. The van der Waals surface area contributed by atoms with Gasteiger partial charge in [0.1, 0.15) is 0 Å². The van der Waals surface area contributed by atoms with Gasteiger partial charge in [0.05, 0.1) is 6.10 Å². The first kappa shape index (κ1) is 15.5. The summed E-state index contributed by atoms with van der Waals surface area (Å²) in [6.07, 6.45) is 6.27. The molecule has 22 heavy (non-hydrogen) atoms. The van der Waals surface area contributed by atoms with Crippen molar-refractivity contribution in [2.45, 2.75) is 50.7 Å². The predicted octanol–water partition coefficient (Wildman–Crippen LogP) is 2.34. The molecule has 1 saturated heterocycles. The Labute approximate surface area is 132 Å². The molecule has 1 fully saturated rings. The van der Waals surface area contributed by atoms with Crippen molar-refractivity contribution in [3.8, 4) is 0 Å². The van der Waals surface area contributed by atoms with E-state index in [4.69, 9.17) is 4.74 Å². The third-order valence-corrected chi connectivity index (χ3v) is 4.69. The van der Waals surface area contributed by atoms with Gasteiger partial charge >= 0.3 is 0 Å². The fraction of sp³-hybridized carbons (Fsp3) is 0.611. The number of rotatable bonds is 5. The highest BCUT2D eigenvalue weighted by atomic mass is 16.5. The van der Waals surface area contributed by atoms with Gasteiger partial charge < -0.3 is 15.4 Å². The fourth-order valence-electron chi connectivity index (χ4n) is 3.41. The molecule has 0 radical (unpaired) electrons. The van der Waals surface area contributed by atoms with E-state index in [1.807, 2.05) is 0 Å². The SMILES string of the molecule is O=C(CCC1CCCCO1)NCC1NCCc2ccccc21. The lowest BCUT2D eigenvalue weighted by molar-refractivity contribution is -0.122. The van der Waals surface area contributed by atoms with Crippen molar-refractivity contribution in [3.63, 3.8) is 0 Å². The van der Waals surface area contributed by atoms with E-state index in [2.05, 4.69) is 34.9 Å². The molecule has 1 aromatic carbocycles. The minimum absolute atomic E-state index is 0.138. The maximum Gasteiger partial charge on any atom is 0.220 e. The van der Waals surface area contributed by atoms with E-state index in [1.54, 1.807) is 0 Å². The lowest BCUT2D eigenvalue weighted by Gasteiger charge is -2.27. The highest BCUT2D eigenvalue weighted by Gasteiger charge is 2.20. The zero-order valence-corrected chi connectivity index (χ0v) is 13.1. The van der Waals surface area contributed by atoms with Crippen molar-refractivity contribution in [1.82, 2.24) is 10.6 Å². The number of hydrogen-bond acceptors (Lipinski definition) is 3. The quantitative estimate of drug-likeness (QED) is 0.878. The van der Waals surface area contributed by atoms with Gasteiger partial charge in [0.15, 0.2) is 0 Å². The second-order valence-corrected chi connectivity index (χ2v) is 6.29. The maximum atomic E-state index is 12.0. The summed E-state index contributed by atoms with van der Waals surface area (Å²) in [4.78, 5) is 12.0. The molecule has 3 rings (SSSR count).